The third kappa shape index (κ3) is 3.58. The van der Waals surface area contributed by atoms with Gasteiger partial charge in [-0.3, -0.25) is 4.79 Å². The number of rotatable bonds is 4. The number of aromatic amines is 1. The molecule has 0 spiro atoms. The van der Waals surface area contributed by atoms with E-state index in [1.165, 1.54) is 6.92 Å². The quantitative estimate of drug-likeness (QED) is 0.521. The first-order chi connectivity index (χ1) is 11.9. The van der Waals surface area contributed by atoms with Crippen LogP contribution in [0, 0.1) is 0 Å². The number of halogens is 1. The van der Waals surface area contributed by atoms with Gasteiger partial charge in [-0.15, -0.1) is 0 Å². The number of aromatic nitrogens is 1. The van der Waals surface area contributed by atoms with Gasteiger partial charge in [0.15, 0.2) is 0 Å². The Morgan fingerprint density at radius 1 is 1.40 bits per heavy atom. The fraction of sp³-hybridized carbons (Fsp3) is 0.438. The topological polar surface area (TPSA) is 124 Å². The van der Waals surface area contributed by atoms with Gasteiger partial charge in [0.25, 0.3) is 0 Å². The van der Waals surface area contributed by atoms with Gasteiger partial charge in [-0.25, -0.2) is 0 Å². The molecule has 3 rings (SSSR count). The molecule has 0 saturated carbocycles. The summed E-state index contributed by atoms with van der Waals surface area (Å²) in [4.78, 5) is 14.4. The molecule has 25 heavy (non-hydrogen) atoms. The molecule has 8 nitrogen and oxygen atoms in total. The number of carbonyl (C=O) groups is 1. The molecule has 1 aromatic carbocycles. The van der Waals surface area contributed by atoms with Gasteiger partial charge in [0.2, 0.25) is 12.2 Å². The molecule has 1 aromatic heterocycles. The third-order valence-electron chi connectivity index (χ3n) is 4.10. The standard InChI is InChI=1S/C16H19ClN2O6/c1-7(21)19-13-15(23)14(22)12(6-20)25-16(13)24-11-5-18-10-4-8(17)2-3-9(10)11/h2-5,12-16,18,20,22-23H,6H2,1H3,(H,19,21)/t12-,13-,14-,15-,16+/m0/s1. The molecule has 1 aliphatic heterocycles. The van der Waals surface area contributed by atoms with E-state index in [0.717, 1.165) is 10.9 Å². The van der Waals surface area contributed by atoms with Crippen LogP contribution in [0.2, 0.25) is 5.02 Å². The van der Waals surface area contributed by atoms with Crippen LogP contribution in [0.5, 0.6) is 5.75 Å². The fourth-order valence-electron chi connectivity index (χ4n) is 2.87. The summed E-state index contributed by atoms with van der Waals surface area (Å²) < 4.78 is 11.4. The maximum atomic E-state index is 11.4. The van der Waals surface area contributed by atoms with E-state index in [2.05, 4.69) is 10.3 Å². The Hall–Kier alpha value is -1.84. The number of nitrogens with one attached hydrogen (secondary N) is 2. The van der Waals surface area contributed by atoms with Gasteiger partial charge < -0.3 is 35.1 Å². The molecule has 5 N–H and O–H groups in total. The zero-order chi connectivity index (χ0) is 18.1. The summed E-state index contributed by atoms with van der Waals surface area (Å²) in [6, 6.07) is 4.18. The number of aliphatic hydroxyl groups excluding tert-OH is 3. The maximum absolute atomic E-state index is 11.4. The molecular weight excluding hydrogens is 352 g/mol. The average Bonchev–Trinajstić information content (AvgIpc) is 2.96. The number of ether oxygens (including phenoxy) is 2. The van der Waals surface area contributed by atoms with Crippen molar-refractivity contribution in [3.05, 3.63) is 29.4 Å². The van der Waals surface area contributed by atoms with Crippen LogP contribution in [0.4, 0.5) is 0 Å². The second kappa shape index (κ2) is 7.19. The van der Waals surface area contributed by atoms with Crippen LogP contribution in [0.3, 0.4) is 0 Å². The van der Waals surface area contributed by atoms with E-state index in [1.54, 1.807) is 24.4 Å². The molecule has 0 unspecified atom stereocenters. The molecule has 2 heterocycles. The van der Waals surface area contributed by atoms with Crippen molar-refractivity contribution in [3.8, 4) is 5.75 Å². The molecule has 0 aliphatic carbocycles. The lowest BCUT2D eigenvalue weighted by Crippen LogP contribution is -2.65. The SMILES string of the molecule is CC(=O)N[C@@H]1[C@H](Oc2c[nH]c3cc(Cl)ccc23)O[C@@H](CO)[C@H](O)[C@H]1O. The Kier molecular flexibility index (Phi) is 5.16. The normalized spacial score (nSPS) is 29.6. The predicted octanol–water partition coefficient (Wildman–Crippen LogP) is 0.144. The van der Waals surface area contributed by atoms with Crippen LogP contribution in [0.25, 0.3) is 10.9 Å². The van der Waals surface area contributed by atoms with Gasteiger partial charge in [-0.2, -0.15) is 0 Å². The molecule has 2 aromatic rings. The highest BCUT2D eigenvalue weighted by molar-refractivity contribution is 6.31. The monoisotopic (exact) mass is 370 g/mol. The molecule has 9 heteroatoms. The summed E-state index contributed by atoms with van der Waals surface area (Å²) in [6.45, 7) is 0.774. The number of carbonyl (C=O) groups excluding carboxylic acids is 1. The predicted molar refractivity (Wildman–Crippen MR) is 89.3 cm³/mol. The Bertz CT molecular complexity index is 766. The summed E-state index contributed by atoms with van der Waals surface area (Å²) in [5.74, 6) is 0.00825. The van der Waals surface area contributed by atoms with E-state index in [1.807, 2.05) is 0 Å². The van der Waals surface area contributed by atoms with Gasteiger partial charge in [0.1, 0.15) is 30.1 Å². The van der Waals surface area contributed by atoms with E-state index in [9.17, 15) is 20.1 Å². The van der Waals surface area contributed by atoms with Gasteiger partial charge in [-0.1, -0.05) is 11.6 Å². The fourth-order valence-corrected chi connectivity index (χ4v) is 3.04. The molecular formula is C16H19ClN2O6. The number of H-pyrrole nitrogens is 1. The smallest absolute Gasteiger partial charge is 0.223 e. The van der Waals surface area contributed by atoms with E-state index in [0.29, 0.717) is 10.8 Å². The minimum Gasteiger partial charge on any atom is -0.460 e. The average molecular weight is 371 g/mol. The van der Waals surface area contributed by atoms with Crippen molar-refractivity contribution >= 4 is 28.4 Å². The first-order valence-electron chi connectivity index (χ1n) is 7.73. The highest BCUT2D eigenvalue weighted by Crippen LogP contribution is 2.31. The number of fused-ring (bicyclic) bond motifs is 1. The molecule has 1 amide bonds. The zero-order valence-corrected chi connectivity index (χ0v) is 14.1. The van der Waals surface area contributed by atoms with Crippen LogP contribution in [0.1, 0.15) is 6.92 Å². The third-order valence-corrected chi connectivity index (χ3v) is 4.33. The number of benzene rings is 1. The number of amides is 1. The zero-order valence-electron chi connectivity index (χ0n) is 13.3. The number of hydrogen-bond acceptors (Lipinski definition) is 6. The van der Waals surface area contributed by atoms with Crippen molar-refractivity contribution in [2.24, 2.45) is 0 Å². The van der Waals surface area contributed by atoms with Gasteiger partial charge in [0.05, 0.1) is 12.1 Å². The molecule has 1 fully saturated rings. The maximum Gasteiger partial charge on any atom is 0.223 e. The van der Waals surface area contributed by atoms with E-state index in [4.69, 9.17) is 21.1 Å². The molecule has 0 bridgehead atoms. The highest BCUT2D eigenvalue weighted by Gasteiger charge is 2.46. The molecule has 1 aliphatic rings. The number of aliphatic hydroxyl groups is 3. The summed E-state index contributed by atoms with van der Waals surface area (Å²) in [6.07, 6.45) is -3.26. The second-order valence-corrected chi connectivity index (χ2v) is 6.33. The summed E-state index contributed by atoms with van der Waals surface area (Å²) >= 11 is 5.95. The molecule has 136 valence electrons. The minimum atomic E-state index is -1.36. The van der Waals surface area contributed by atoms with E-state index >= 15 is 0 Å². The number of hydrogen-bond donors (Lipinski definition) is 5. The van der Waals surface area contributed by atoms with Gasteiger partial charge in [0, 0.05) is 23.5 Å². The van der Waals surface area contributed by atoms with Crippen LogP contribution < -0.4 is 10.1 Å². The first kappa shape index (κ1) is 18.0. The van der Waals surface area contributed by atoms with Crippen molar-refractivity contribution < 1.29 is 29.6 Å². The Morgan fingerprint density at radius 2 is 2.16 bits per heavy atom. The molecule has 0 radical (unpaired) electrons. The Labute approximate surface area is 148 Å². The lowest BCUT2D eigenvalue weighted by molar-refractivity contribution is -0.244. The minimum absolute atomic E-state index is 0.415. The van der Waals surface area contributed by atoms with Crippen LogP contribution in [0.15, 0.2) is 24.4 Å². The summed E-state index contributed by atoms with van der Waals surface area (Å²) in [5.41, 5.74) is 0.744. The van der Waals surface area contributed by atoms with Crippen molar-refractivity contribution in [2.75, 3.05) is 6.61 Å². The lowest BCUT2D eigenvalue weighted by atomic mass is 9.97. The lowest BCUT2D eigenvalue weighted by Gasteiger charge is -2.41. The van der Waals surface area contributed by atoms with Crippen LogP contribution in [-0.2, 0) is 9.53 Å². The summed E-state index contributed by atoms with van der Waals surface area (Å²) in [5, 5.41) is 33.4. The van der Waals surface area contributed by atoms with Gasteiger partial charge in [-0.05, 0) is 18.2 Å². The van der Waals surface area contributed by atoms with E-state index in [-0.39, 0.29) is 0 Å². The van der Waals surface area contributed by atoms with Gasteiger partial charge >= 0.3 is 0 Å². The van der Waals surface area contributed by atoms with Crippen molar-refractivity contribution in [1.82, 2.24) is 10.3 Å². The summed E-state index contributed by atoms with van der Waals surface area (Å²) in [7, 11) is 0. The second-order valence-electron chi connectivity index (χ2n) is 5.89. The Balaban J connectivity index is 1.89. The molecule has 1 saturated heterocycles. The van der Waals surface area contributed by atoms with Crippen LogP contribution in [-0.4, -0.2) is 63.5 Å². The van der Waals surface area contributed by atoms with Crippen molar-refractivity contribution in [3.63, 3.8) is 0 Å². The van der Waals surface area contributed by atoms with Crippen molar-refractivity contribution in [1.29, 1.82) is 0 Å². The van der Waals surface area contributed by atoms with Crippen molar-refractivity contribution in [2.45, 2.75) is 37.6 Å². The van der Waals surface area contributed by atoms with E-state index < -0.39 is 43.2 Å². The van der Waals surface area contributed by atoms with Crippen LogP contribution >= 0.6 is 11.6 Å². The largest absolute Gasteiger partial charge is 0.460 e. The Morgan fingerprint density at radius 3 is 2.84 bits per heavy atom. The highest BCUT2D eigenvalue weighted by atomic mass is 35.5. The first-order valence-corrected chi connectivity index (χ1v) is 8.11. The molecule has 5 atom stereocenters.